The van der Waals surface area contributed by atoms with E-state index in [9.17, 15) is 4.39 Å². The third kappa shape index (κ3) is 3.31. The number of piperidine rings is 1. The maximum atomic E-state index is 13.9. The molecule has 0 aliphatic carbocycles. The van der Waals surface area contributed by atoms with E-state index in [0.717, 1.165) is 19.4 Å². The molecule has 0 radical (unpaired) electrons. The van der Waals surface area contributed by atoms with Gasteiger partial charge in [-0.05, 0) is 44.4 Å². The fraction of sp³-hybridized carbons (Fsp3) is 0.533. The van der Waals surface area contributed by atoms with Crippen molar-refractivity contribution >= 4 is 0 Å². The van der Waals surface area contributed by atoms with Crippen LogP contribution in [-0.2, 0) is 6.54 Å². The fourth-order valence-electron chi connectivity index (χ4n) is 2.64. The molecule has 0 aromatic heterocycles. The minimum Gasteiger partial charge on any atom is -0.330 e. The maximum Gasteiger partial charge on any atom is 0.129 e. The van der Waals surface area contributed by atoms with Crippen molar-refractivity contribution in [3.63, 3.8) is 0 Å². The lowest BCUT2D eigenvalue weighted by atomic mass is 9.93. The van der Waals surface area contributed by atoms with Gasteiger partial charge in [-0.1, -0.05) is 6.07 Å². The van der Waals surface area contributed by atoms with Gasteiger partial charge in [0.15, 0.2) is 0 Å². The van der Waals surface area contributed by atoms with Gasteiger partial charge in [-0.2, -0.15) is 5.26 Å². The largest absolute Gasteiger partial charge is 0.330 e. The number of benzene rings is 1. The van der Waals surface area contributed by atoms with Gasteiger partial charge in [-0.3, -0.25) is 4.90 Å². The molecule has 1 fully saturated rings. The smallest absolute Gasteiger partial charge is 0.129 e. The number of halogens is 1. The molecular weight excluding hydrogens is 241 g/mol. The maximum absolute atomic E-state index is 13.9. The van der Waals surface area contributed by atoms with E-state index >= 15 is 0 Å². The Bertz CT molecular complexity index is 481. The van der Waals surface area contributed by atoms with E-state index in [-0.39, 0.29) is 5.82 Å². The Kier molecular flexibility index (Phi) is 4.52. The number of nitrogens with zero attached hydrogens (tertiary/aromatic N) is 2. The van der Waals surface area contributed by atoms with Gasteiger partial charge in [0.1, 0.15) is 5.82 Å². The highest BCUT2D eigenvalue weighted by atomic mass is 19.1. The number of likely N-dealkylation sites (tertiary alicyclic amines) is 1. The average molecular weight is 261 g/mol. The molecular formula is C15H20FN3. The van der Waals surface area contributed by atoms with Crippen molar-refractivity contribution in [3.05, 3.63) is 35.1 Å². The quantitative estimate of drug-likeness (QED) is 0.908. The molecule has 2 N–H and O–H groups in total. The Morgan fingerprint density at radius 2 is 2.26 bits per heavy atom. The highest BCUT2D eigenvalue weighted by Crippen LogP contribution is 2.24. The van der Waals surface area contributed by atoms with Crippen molar-refractivity contribution in [3.8, 4) is 6.07 Å². The first-order valence-corrected chi connectivity index (χ1v) is 6.76. The van der Waals surface area contributed by atoms with Gasteiger partial charge in [0.25, 0.3) is 0 Å². The summed E-state index contributed by atoms with van der Waals surface area (Å²) >= 11 is 0. The van der Waals surface area contributed by atoms with Crippen molar-refractivity contribution < 1.29 is 4.39 Å². The lowest BCUT2D eigenvalue weighted by Gasteiger charge is -2.37. The van der Waals surface area contributed by atoms with Gasteiger partial charge in [0, 0.05) is 24.7 Å². The molecule has 0 spiro atoms. The van der Waals surface area contributed by atoms with E-state index in [1.165, 1.54) is 6.07 Å². The summed E-state index contributed by atoms with van der Waals surface area (Å²) in [6.45, 7) is 4.39. The predicted molar refractivity (Wildman–Crippen MR) is 72.8 cm³/mol. The van der Waals surface area contributed by atoms with E-state index in [2.05, 4.69) is 11.8 Å². The summed E-state index contributed by atoms with van der Waals surface area (Å²) in [5.74, 6) is 0.221. The highest BCUT2D eigenvalue weighted by molar-refractivity contribution is 5.32. The molecule has 2 atom stereocenters. The van der Waals surface area contributed by atoms with Crippen LogP contribution in [0.5, 0.6) is 0 Å². The zero-order valence-corrected chi connectivity index (χ0v) is 11.3. The van der Waals surface area contributed by atoms with Crippen molar-refractivity contribution in [2.24, 2.45) is 11.7 Å². The fourth-order valence-corrected chi connectivity index (χ4v) is 2.64. The summed E-state index contributed by atoms with van der Waals surface area (Å²) in [7, 11) is 0. The third-order valence-electron chi connectivity index (χ3n) is 4.00. The second-order valence-electron chi connectivity index (χ2n) is 5.38. The number of nitrogens with two attached hydrogens (primary N) is 1. The molecule has 3 nitrogen and oxygen atoms in total. The minimum atomic E-state index is -0.291. The van der Waals surface area contributed by atoms with Crippen molar-refractivity contribution in [1.82, 2.24) is 4.90 Å². The van der Waals surface area contributed by atoms with E-state index in [1.807, 2.05) is 6.07 Å². The molecule has 1 saturated heterocycles. The minimum absolute atomic E-state index is 0.291. The monoisotopic (exact) mass is 261 g/mol. The van der Waals surface area contributed by atoms with Gasteiger partial charge < -0.3 is 5.73 Å². The van der Waals surface area contributed by atoms with Crippen LogP contribution in [0.1, 0.15) is 30.9 Å². The molecule has 0 saturated carbocycles. The molecule has 1 aromatic rings. The Balaban J connectivity index is 2.09. The molecule has 102 valence electrons. The molecule has 4 heteroatoms. The number of rotatable bonds is 3. The molecule has 2 rings (SSSR count). The summed E-state index contributed by atoms with van der Waals surface area (Å²) in [4.78, 5) is 2.28. The van der Waals surface area contributed by atoms with Crippen LogP contribution in [0, 0.1) is 23.1 Å². The van der Waals surface area contributed by atoms with E-state index in [0.29, 0.717) is 36.2 Å². The van der Waals surface area contributed by atoms with Crippen LogP contribution in [0.15, 0.2) is 18.2 Å². The van der Waals surface area contributed by atoms with Crippen LogP contribution in [0.25, 0.3) is 0 Å². The van der Waals surface area contributed by atoms with E-state index < -0.39 is 0 Å². The van der Waals surface area contributed by atoms with Crippen LogP contribution in [-0.4, -0.2) is 24.0 Å². The molecule has 1 aromatic carbocycles. The van der Waals surface area contributed by atoms with Crippen LogP contribution in [0.4, 0.5) is 4.39 Å². The van der Waals surface area contributed by atoms with Gasteiger partial charge in [-0.25, -0.2) is 4.39 Å². The first-order chi connectivity index (χ1) is 9.13. The average Bonchev–Trinajstić information content (AvgIpc) is 2.43. The molecule has 2 unspecified atom stereocenters. The first kappa shape index (κ1) is 14.0. The van der Waals surface area contributed by atoms with Crippen LogP contribution >= 0.6 is 0 Å². The lowest BCUT2D eigenvalue weighted by molar-refractivity contribution is 0.112. The highest BCUT2D eigenvalue weighted by Gasteiger charge is 2.25. The Morgan fingerprint density at radius 1 is 1.47 bits per heavy atom. The van der Waals surface area contributed by atoms with Gasteiger partial charge in [-0.15, -0.1) is 0 Å². The molecule has 1 aliphatic rings. The molecule has 0 amide bonds. The number of nitriles is 1. The lowest BCUT2D eigenvalue weighted by Crippen LogP contribution is -2.43. The summed E-state index contributed by atoms with van der Waals surface area (Å²) < 4.78 is 13.9. The molecule has 1 aliphatic heterocycles. The molecule has 1 heterocycles. The Hall–Kier alpha value is -1.44. The summed E-state index contributed by atoms with van der Waals surface area (Å²) in [6, 6.07) is 7.11. The Morgan fingerprint density at radius 3 is 2.89 bits per heavy atom. The SMILES string of the molecule is CC1CCC(CN)CN1Cc1ccc(C#N)cc1F. The third-order valence-corrected chi connectivity index (χ3v) is 4.00. The normalized spacial score (nSPS) is 24.1. The number of hydrogen-bond donors (Lipinski definition) is 1. The topological polar surface area (TPSA) is 53.0 Å². The van der Waals surface area contributed by atoms with Crippen LogP contribution < -0.4 is 5.73 Å². The summed E-state index contributed by atoms with van der Waals surface area (Å²) in [5.41, 5.74) is 6.76. The second-order valence-corrected chi connectivity index (χ2v) is 5.38. The summed E-state index contributed by atoms with van der Waals surface area (Å²) in [5, 5.41) is 8.74. The molecule has 19 heavy (non-hydrogen) atoms. The standard InChI is InChI=1S/C15H20FN3/c1-11-2-3-13(8-18)9-19(11)10-14-5-4-12(7-17)6-15(14)16/h4-6,11,13H,2-3,8-10,18H2,1H3. The van der Waals surface area contributed by atoms with Crippen LogP contribution in [0.3, 0.4) is 0 Å². The van der Waals surface area contributed by atoms with Gasteiger partial charge >= 0.3 is 0 Å². The zero-order chi connectivity index (χ0) is 13.8. The second kappa shape index (κ2) is 6.14. The van der Waals surface area contributed by atoms with Crippen molar-refractivity contribution in [2.75, 3.05) is 13.1 Å². The van der Waals surface area contributed by atoms with E-state index in [4.69, 9.17) is 11.0 Å². The van der Waals surface area contributed by atoms with Crippen molar-refractivity contribution in [2.45, 2.75) is 32.4 Å². The van der Waals surface area contributed by atoms with Gasteiger partial charge in [0.2, 0.25) is 0 Å². The predicted octanol–water partition coefficient (Wildman–Crippen LogP) is 2.26. The Labute approximate surface area is 113 Å². The summed E-state index contributed by atoms with van der Waals surface area (Å²) in [6.07, 6.45) is 2.27. The van der Waals surface area contributed by atoms with E-state index in [1.54, 1.807) is 12.1 Å². The van der Waals surface area contributed by atoms with Crippen LogP contribution in [0.2, 0.25) is 0 Å². The van der Waals surface area contributed by atoms with Crippen molar-refractivity contribution in [1.29, 1.82) is 5.26 Å². The zero-order valence-electron chi connectivity index (χ0n) is 11.3. The molecule has 0 bridgehead atoms. The number of hydrogen-bond acceptors (Lipinski definition) is 3. The first-order valence-electron chi connectivity index (χ1n) is 6.76. The van der Waals surface area contributed by atoms with Gasteiger partial charge in [0.05, 0.1) is 11.6 Å².